The summed E-state index contributed by atoms with van der Waals surface area (Å²) in [6.07, 6.45) is 9.90. The van der Waals surface area contributed by atoms with Crippen molar-refractivity contribution in [3.05, 3.63) is 90.5 Å². The van der Waals surface area contributed by atoms with Crippen molar-refractivity contribution in [2.45, 2.75) is 56.4 Å². The van der Waals surface area contributed by atoms with Gasteiger partial charge in [0, 0.05) is 25.3 Å². The first kappa shape index (κ1) is 28.4. The largest absolute Gasteiger partial charge is 0.394 e. The van der Waals surface area contributed by atoms with Crippen LogP contribution in [0.3, 0.4) is 0 Å². The van der Waals surface area contributed by atoms with Crippen molar-refractivity contribution >= 4 is 23.4 Å². The summed E-state index contributed by atoms with van der Waals surface area (Å²) < 4.78 is 7.07. The molecule has 2 aromatic carbocycles. The third kappa shape index (κ3) is 4.23. The van der Waals surface area contributed by atoms with Gasteiger partial charge in [0.2, 0.25) is 17.7 Å². The van der Waals surface area contributed by atoms with Crippen molar-refractivity contribution in [2.24, 2.45) is 11.8 Å². The number of aliphatic hydroxyl groups excluding tert-OH is 1. The smallest absolute Gasteiger partial charge is 0.249 e. The Balaban J connectivity index is 1.52. The zero-order valence-corrected chi connectivity index (χ0v) is 24.3. The van der Waals surface area contributed by atoms with Crippen LogP contribution in [0.4, 0.5) is 5.69 Å². The first-order valence-electron chi connectivity index (χ1n) is 15.1. The van der Waals surface area contributed by atoms with Crippen LogP contribution >= 0.6 is 0 Å². The minimum Gasteiger partial charge on any atom is -0.394 e. The minimum absolute atomic E-state index is 0.197. The Morgan fingerprint density at radius 3 is 2.24 bits per heavy atom. The minimum atomic E-state index is -1.36. The zero-order valence-electron chi connectivity index (χ0n) is 24.3. The van der Waals surface area contributed by atoms with Crippen molar-refractivity contribution in [1.82, 2.24) is 9.80 Å². The molecule has 4 heterocycles. The summed E-state index contributed by atoms with van der Waals surface area (Å²) in [6.45, 7) is 4.98. The standard InChI is InChI=1S/C34H39N3O5/c1-3-5-20-35-21-13-19-34-28(31(40)37(29(34)32(35)41)26(23-38)24-14-8-6-9-15-24)27-30(39)36(25-16-10-7-11-17-25)22-12-18-33(27,4-2)42-34/h6-19,26-29,38H,3-5,20-23H2,1-2H3/t26-,27-,28+,29?,33+,34+/m1/s1. The molecule has 8 nitrogen and oxygen atoms in total. The second kappa shape index (κ2) is 11.2. The van der Waals surface area contributed by atoms with E-state index in [1.165, 1.54) is 4.90 Å². The van der Waals surface area contributed by atoms with Gasteiger partial charge in [0.05, 0.1) is 30.1 Å². The van der Waals surface area contributed by atoms with Gasteiger partial charge < -0.3 is 24.5 Å². The Morgan fingerprint density at radius 2 is 1.57 bits per heavy atom. The van der Waals surface area contributed by atoms with E-state index in [-0.39, 0.29) is 24.3 Å². The van der Waals surface area contributed by atoms with Gasteiger partial charge in [-0.1, -0.05) is 93.1 Å². The van der Waals surface area contributed by atoms with E-state index in [9.17, 15) is 19.5 Å². The number of nitrogens with zero attached hydrogens (tertiary/aromatic N) is 3. The molecular weight excluding hydrogens is 530 g/mol. The van der Waals surface area contributed by atoms with Crippen molar-refractivity contribution in [3.8, 4) is 0 Å². The molecule has 2 aromatic rings. The van der Waals surface area contributed by atoms with Crippen LogP contribution < -0.4 is 4.90 Å². The molecule has 2 saturated heterocycles. The third-order valence-electron chi connectivity index (χ3n) is 9.50. The fraction of sp³-hybridized carbons (Fsp3) is 0.441. The van der Waals surface area contributed by atoms with Crippen molar-refractivity contribution < 1.29 is 24.2 Å². The Hall–Kier alpha value is -3.75. The number of carbonyl (C=O) groups excluding carboxylic acids is 3. The lowest BCUT2D eigenvalue weighted by molar-refractivity contribution is -0.155. The quantitative estimate of drug-likeness (QED) is 0.488. The number of rotatable bonds is 8. The number of ether oxygens (including phenoxy) is 1. The lowest BCUT2D eigenvalue weighted by Crippen LogP contribution is -2.57. The van der Waals surface area contributed by atoms with Crippen LogP contribution in [0.5, 0.6) is 0 Å². The van der Waals surface area contributed by atoms with Crippen molar-refractivity contribution in [2.75, 3.05) is 31.1 Å². The van der Waals surface area contributed by atoms with Gasteiger partial charge in [0.25, 0.3) is 0 Å². The maximum absolute atomic E-state index is 14.8. The monoisotopic (exact) mass is 569 g/mol. The Labute approximate surface area is 247 Å². The van der Waals surface area contributed by atoms with Gasteiger partial charge in [0.1, 0.15) is 11.6 Å². The zero-order chi connectivity index (χ0) is 29.5. The van der Waals surface area contributed by atoms with Gasteiger partial charge >= 0.3 is 0 Å². The summed E-state index contributed by atoms with van der Waals surface area (Å²) >= 11 is 0. The van der Waals surface area contributed by atoms with Crippen LogP contribution in [-0.4, -0.2) is 76.1 Å². The highest BCUT2D eigenvalue weighted by Crippen LogP contribution is 2.59. The van der Waals surface area contributed by atoms with Gasteiger partial charge in [0.15, 0.2) is 0 Å². The van der Waals surface area contributed by atoms with E-state index in [1.807, 2.05) is 91.9 Å². The van der Waals surface area contributed by atoms with E-state index in [0.717, 1.165) is 24.1 Å². The number of hydrogen-bond acceptors (Lipinski definition) is 5. The van der Waals surface area contributed by atoms with Crippen LogP contribution in [0.2, 0.25) is 0 Å². The predicted octanol–water partition coefficient (Wildman–Crippen LogP) is 3.88. The molecule has 6 atom stereocenters. The fourth-order valence-electron chi connectivity index (χ4n) is 7.50. The molecule has 0 aliphatic carbocycles. The summed E-state index contributed by atoms with van der Waals surface area (Å²) in [5.41, 5.74) is -0.952. The fourth-order valence-corrected chi connectivity index (χ4v) is 7.50. The molecule has 4 aliphatic rings. The van der Waals surface area contributed by atoms with Crippen molar-refractivity contribution in [1.29, 1.82) is 0 Å². The number of amides is 3. The lowest BCUT2D eigenvalue weighted by atomic mass is 9.73. The molecule has 220 valence electrons. The molecule has 3 amide bonds. The summed E-state index contributed by atoms with van der Waals surface area (Å²) in [7, 11) is 0. The molecule has 1 unspecified atom stereocenters. The summed E-state index contributed by atoms with van der Waals surface area (Å²) in [6, 6.07) is 17.0. The van der Waals surface area contributed by atoms with Gasteiger partial charge in [-0.05, 0) is 30.5 Å². The van der Waals surface area contributed by atoms with E-state index in [1.54, 1.807) is 9.80 Å². The van der Waals surface area contributed by atoms with Gasteiger partial charge in [-0.25, -0.2) is 0 Å². The summed E-state index contributed by atoms with van der Waals surface area (Å²) in [4.78, 5) is 49.0. The molecule has 42 heavy (non-hydrogen) atoms. The summed E-state index contributed by atoms with van der Waals surface area (Å²) in [5.74, 6) is -2.53. The van der Waals surface area contributed by atoms with Crippen LogP contribution in [0.15, 0.2) is 85.0 Å². The Morgan fingerprint density at radius 1 is 0.881 bits per heavy atom. The normalized spacial score (nSPS) is 31.1. The predicted molar refractivity (Wildman–Crippen MR) is 159 cm³/mol. The topological polar surface area (TPSA) is 90.4 Å². The third-order valence-corrected chi connectivity index (χ3v) is 9.50. The maximum atomic E-state index is 14.8. The van der Waals surface area contributed by atoms with Crippen molar-refractivity contribution in [3.63, 3.8) is 0 Å². The molecule has 0 bridgehead atoms. The molecular formula is C34H39N3O5. The lowest BCUT2D eigenvalue weighted by Gasteiger charge is -2.41. The van der Waals surface area contributed by atoms with E-state index in [0.29, 0.717) is 26.1 Å². The number of benzene rings is 2. The highest BCUT2D eigenvalue weighted by molar-refractivity contribution is 6.04. The second-order valence-corrected chi connectivity index (χ2v) is 11.7. The number of fused-ring (bicyclic) bond motifs is 2. The van der Waals surface area contributed by atoms with Crippen LogP contribution in [0.25, 0.3) is 0 Å². The molecule has 2 fully saturated rings. The number of carbonyl (C=O) groups is 3. The molecule has 0 aromatic heterocycles. The molecule has 0 radical (unpaired) electrons. The number of unbranched alkanes of at least 4 members (excludes halogenated alkanes) is 1. The van der Waals surface area contributed by atoms with E-state index < -0.39 is 35.1 Å². The highest BCUT2D eigenvalue weighted by Gasteiger charge is 2.76. The number of para-hydroxylation sites is 1. The number of aliphatic hydroxyl groups is 1. The first-order valence-corrected chi connectivity index (χ1v) is 15.1. The average molecular weight is 570 g/mol. The highest BCUT2D eigenvalue weighted by atomic mass is 16.5. The Bertz CT molecular complexity index is 1390. The van der Waals surface area contributed by atoms with Crippen LogP contribution in [-0.2, 0) is 19.1 Å². The maximum Gasteiger partial charge on any atom is 0.249 e. The first-order chi connectivity index (χ1) is 20.4. The van der Waals surface area contributed by atoms with E-state index in [2.05, 4.69) is 6.92 Å². The van der Waals surface area contributed by atoms with Gasteiger partial charge in [-0.3, -0.25) is 14.4 Å². The van der Waals surface area contributed by atoms with E-state index in [4.69, 9.17) is 4.74 Å². The van der Waals surface area contributed by atoms with Crippen LogP contribution in [0, 0.1) is 11.8 Å². The summed E-state index contributed by atoms with van der Waals surface area (Å²) in [5, 5.41) is 10.7. The number of anilines is 1. The Kier molecular flexibility index (Phi) is 7.53. The number of likely N-dealkylation sites (tertiary alicyclic amines) is 1. The van der Waals surface area contributed by atoms with E-state index >= 15 is 0 Å². The second-order valence-electron chi connectivity index (χ2n) is 11.7. The number of hydrogen-bond donors (Lipinski definition) is 1. The molecule has 1 N–H and O–H groups in total. The van der Waals surface area contributed by atoms with Gasteiger partial charge in [-0.2, -0.15) is 0 Å². The molecule has 6 rings (SSSR count). The molecule has 1 spiro atoms. The van der Waals surface area contributed by atoms with Crippen LogP contribution in [0.1, 0.15) is 44.7 Å². The average Bonchev–Trinajstić information content (AvgIpc) is 3.31. The SMILES string of the molecule is CCCCN1CC=C[C@]23O[C@@]4(CC)C=CCN(c5ccccc5)C(=O)[C@H]4[C@H]2C(=O)N([C@H](CO)c2ccccc2)C3C1=O. The van der Waals surface area contributed by atoms with Gasteiger partial charge in [-0.15, -0.1) is 0 Å². The molecule has 0 saturated carbocycles. The molecule has 4 aliphatic heterocycles. The molecule has 8 heteroatoms.